The quantitative estimate of drug-likeness (QED) is 0.334. The van der Waals surface area contributed by atoms with Crippen molar-refractivity contribution in [1.29, 1.82) is 0 Å². The number of nitrogens with zero attached hydrogens (tertiary/aromatic N) is 3. The molecule has 4 fully saturated rings. The molecular formula is C30H30Cl2FN3O3. The van der Waals surface area contributed by atoms with E-state index in [1.165, 1.54) is 6.07 Å². The van der Waals surface area contributed by atoms with Gasteiger partial charge in [-0.2, -0.15) is 0 Å². The first kappa shape index (κ1) is 25.4. The number of rotatable bonds is 6. The number of anilines is 1. The fraction of sp³-hybridized carbons (Fsp3) is 0.467. The van der Waals surface area contributed by atoms with Crippen LogP contribution in [0.3, 0.4) is 0 Å². The van der Waals surface area contributed by atoms with Gasteiger partial charge in [-0.05, 0) is 87.2 Å². The Kier molecular flexibility index (Phi) is 6.18. The first-order chi connectivity index (χ1) is 18.8. The van der Waals surface area contributed by atoms with Gasteiger partial charge in [-0.3, -0.25) is 4.90 Å². The predicted molar refractivity (Wildman–Crippen MR) is 148 cm³/mol. The van der Waals surface area contributed by atoms with E-state index in [-0.39, 0.29) is 11.0 Å². The monoisotopic (exact) mass is 569 g/mol. The number of carboxylic acid groups (broad SMARTS) is 1. The van der Waals surface area contributed by atoms with E-state index >= 15 is 0 Å². The molecular weight excluding hydrogens is 540 g/mol. The molecule has 3 aliphatic heterocycles. The minimum absolute atomic E-state index is 0.00587. The van der Waals surface area contributed by atoms with E-state index in [1.807, 2.05) is 18.2 Å². The topological polar surface area (TPSA) is 69.8 Å². The number of hydrogen-bond acceptors (Lipinski definition) is 5. The second-order valence-corrected chi connectivity index (χ2v) is 12.7. The van der Waals surface area contributed by atoms with Gasteiger partial charge in [-0.15, -0.1) is 0 Å². The van der Waals surface area contributed by atoms with Crippen molar-refractivity contribution in [1.82, 2.24) is 10.1 Å². The second-order valence-electron chi connectivity index (χ2n) is 11.9. The molecule has 2 unspecified atom stereocenters. The number of aromatic carboxylic acids is 1. The van der Waals surface area contributed by atoms with E-state index in [1.54, 1.807) is 6.07 Å². The summed E-state index contributed by atoms with van der Waals surface area (Å²) < 4.78 is 20.2. The van der Waals surface area contributed by atoms with Gasteiger partial charge in [-0.1, -0.05) is 34.4 Å². The number of fused-ring (bicyclic) bond motifs is 2. The standard InChI is InChI=1S/C30H30Cl2FN3O3/c31-24-2-1-3-25(32)26(24)27-23(28(39-34-27)17-4-5-17)15-35-9-8-30(16-35)13-20-6-7-21(14-30)36(20)22-11-18(29(37)38)10-19(33)12-22/h1-3,10-12,17,20-21H,4-9,13-16H2,(H,37,38). The van der Waals surface area contributed by atoms with Crippen LogP contribution in [0.25, 0.3) is 11.3 Å². The Morgan fingerprint density at radius 2 is 1.82 bits per heavy atom. The maximum Gasteiger partial charge on any atom is 0.335 e. The van der Waals surface area contributed by atoms with E-state index in [0.29, 0.717) is 33.7 Å². The lowest BCUT2D eigenvalue weighted by Crippen LogP contribution is -2.48. The highest BCUT2D eigenvalue weighted by Crippen LogP contribution is 2.53. The average Bonchev–Trinajstić information content (AvgIpc) is 3.46. The van der Waals surface area contributed by atoms with Crippen LogP contribution in [0, 0.1) is 11.2 Å². The lowest BCUT2D eigenvalue weighted by atomic mass is 9.74. The maximum absolute atomic E-state index is 14.3. The van der Waals surface area contributed by atoms with Crippen LogP contribution >= 0.6 is 23.2 Å². The van der Waals surface area contributed by atoms with Gasteiger partial charge in [0.25, 0.3) is 0 Å². The molecule has 0 radical (unpaired) electrons. The Morgan fingerprint density at radius 3 is 2.49 bits per heavy atom. The number of likely N-dealkylation sites (tertiary alicyclic amines) is 1. The third kappa shape index (κ3) is 4.52. The number of halogens is 3. The van der Waals surface area contributed by atoms with Crippen molar-refractivity contribution in [2.24, 2.45) is 5.41 Å². The zero-order valence-corrected chi connectivity index (χ0v) is 23.0. The van der Waals surface area contributed by atoms with E-state index in [2.05, 4.69) is 15.0 Å². The van der Waals surface area contributed by atoms with Crippen molar-refractivity contribution in [2.75, 3.05) is 18.0 Å². The molecule has 1 N–H and O–H groups in total. The smallest absolute Gasteiger partial charge is 0.335 e. The molecule has 6 nitrogen and oxygen atoms in total. The minimum atomic E-state index is -1.10. The third-order valence-corrected chi connectivity index (χ3v) is 9.88. The first-order valence-corrected chi connectivity index (χ1v) is 14.5. The highest BCUT2D eigenvalue weighted by molar-refractivity contribution is 6.39. The number of carboxylic acids is 1. The number of hydrogen-bond donors (Lipinski definition) is 1. The zero-order chi connectivity index (χ0) is 26.9. The second kappa shape index (κ2) is 9.50. The van der Waals surface area contributed by atoms with Gasteiger partial charge in [0.05, 0.1) is 15.6 Å². The van der Waals surface area contributed by atoms with E-state index in [0.717, 1.165) is 93.2 Å². The molecule has 3 saturated heterocycles. The van der Waals surface area contributed by atoms with Gasteiger partial charge in [0.2, 0.25) is 0 Å². The van der Waals surface area contributed by atoms with Crippen molar-refractivity contribution < 1.29 is 18.8 Å². The molecule has 2 bridgehead atoms. The Bertz CT molecular complexity index is 1420. The van der Waals surface area contributed by atoms with Crippen LogP contribution in [0.1, 0.15) is 72.5 Å². The van der Waals surface area contributed by atoms with Gasteiger partial charge in [-0.25, -0.2) is 9.18 Å². The fourth-order valence-corrected chi connectivity index (χ4v) is 8.07. The van der Waals surface area contributed by atoms with E-state index in [9.17, 15) is 14.3 Å². The summed E-state index contributed by atoms with van der Waals surface area (Å²) in [6.45, 7) is 2.73. The fourth-order valence-electron chi connectivity index (χ4n) is 7.49. The molecule has 39 heavy (non-hydrogen) atoms. The lowest BCUT2D eigenvalue weighted by molar-refractivity contribution is 0.0696. The number of piperidine rings is 1. The minimum Gasteiger partial charge on any atom is -0.478 e. The molecule has 9 heteroatoms. The molecule has 1 aliphatic carbocycles. The SMILES string of the molecule is O=C(O)c1cc(F)cc(N2C3CCC2CC2(CCN(Cc4c(-c5c(Cl)cccc5Cl)noc4C4CC4)C2)C3)c1. The summed E-state index contributed by atoms with van der Waals surface area (Å²) in [5.74, 6) is -0.205. The molecule has 204 valence electrons. The van der Waals surface area contributed by atoms with Gasteiger partial charge < -0.3 is 14.5 Å². The van der Waals surface area contributed by atoms with Crippen LogP contribution in [0.15, 0.2) is 40.9 Å². The highest BCUT2D eigenvalue weighted by atomic mass is 35.5. The molecule has 2 aromatic carbocycles. The van der Waals surface area contributed by atoms with Gasteiger partial charge in [0.15, 0.2) is 0 Å². The Balaban J connectivity index is 1.12. The third-order valence-electron chi connectivity index (χ3n) is 9.25. The van der Waals surface area contributed by atoms with Gasteiger partial charge in [0.1, 0.15) is 17.3 Å². The molecule has 4 heterocycles. The maximum atomic E-state index is 14.3. The van der Waals surface area contributed by atoms with Crippen LogP contribution in [0.4, 0.5) is 10.1 Å². The molecule has 1 aromatic heterocycles. The Morgan fingerprint density at radius 1 is 1.10 bits per heavy atom. The summed E-state index contributed by atoms with van der Waals surface area (Å²) in [6.07, 6.45) is 7.51. The summed E-state index contributed by atoms with van der Waals surface area (Å²) >= 11 is 13.1. The molecule has 1 saturated carbocycles. The average molecular weight is 570 g/mol. The largest absolute Gasteiger partial charge is 0.478 e. The molecule has 1 spiro atoms. The highest BCUT2D eigenvalue weighted by Gasteiger charge is 2.51. The normalized spacial score (nSPS) is 26.6. The summed E-state index contributed by atoms with van der Waals surface area (Å²) in [7, 11) is 0. The van der Waals surface area contributed by atoms with E-state index in [4.69, 9.17) is 27.7 Å². The van der Waals surface area contributed by atoms with Crippen LogP contribution in [-0.4, -0.2) is 46.3 Å². The lowest BCUT2D eigenvalue weighted by Gasteiger charge is -2.46. The van der Waals surface area contributed by atoms with Crippen molar-refractivity contribution in [3.8, 4) is 11.3 Å². The Hall–Kier alpha value is -2.61. The summed E-state index contributed by atoms with van der Waals surface area (Å²) in [6, 6.07) is 10.3. The van der Waals surface area contributed by atoms with Crippen molar-refractivity contribution in [2.45, 2.75) is 69.5 Å². The predicted octanol–water partition coefficient (Wildman–Crippen LogP) is 7.39. The number of carbonyl (C=O) groups is 1. The summed E-state index contributed by atoms with van der Waals surface area (Å²) in [5, 5.41) is 15.1. The van der Waals surface area contributed by atoms with Crippen LogP contribution < -0.4 is 4.90 Å². The first-order valence-electron chi connectivity index (χ1n) is 13.8. The van der Waals surface area contributed by atoms with E-state index < -0.39 is 11.8 Å². The molecule has 7 rings (SSSR count). The molecule has 0 amide bonds. The Labute approximate surface area is 236 Å². The number of benzene rings is 2. The van der Waals surface area contributed by atoms with Crippen LogP contribution in [0.2, 0.25) is 10.0 Å². The van der Waals surface area contributed by atoms with Gasteiger partial charge in [0, 0.05) is 47.9 Å². The molecule has 4 aliphatic rings. The molecule has 3 aromatic rings. The van der Waals surface area contributed by atoms with Gasteiger partial charge >= 0.3 is 5.97 Å². The van der Waals surface area contributed by atoms with Crippen molar-refractivity contribution in [3.05, 3.63) is 69.1 Å². The zero-order valence-electron chi connectivity index (χ0n) is 21.5. The molecule has 2 atom stereocenters. The summed E-state index contributed by atoms with van der Waals surface area (Å²) in [4.78, 5) is 16.4. The van der Waals surface area contributed by atoms with Crippen LogP contribution in [-0.2, 0) is 6.54 Å². The van der Waals surface area contributed by atoms with Crippen molar-refractivity contribution >= 4 is 34.9 Å². The van der Waals surface area contributed by atoms with Crippen LogP contribution in [0.5, 0.6) is 0 Å². The summed E-state index contributed by atoms with van der Waals surface area (Å²) in [5.41, 5.74) is 3.50. The number of aromatic nitrogens is 1. The van der Waals surface area contributed by atoms with Crippen molar-refractivity contribution in [3.63, 3.8) is 0 Å².